The van der Waals surface area contributed by atoms with E-state index in [4.69, 9.17) is 0 Å². The highest BCUT2D eigenvalue weighted by Crippen LogP contribution is 1.92. The minimum absolute atomic E-state index is 1.32. The SMILES string of the molecule is CC.Cc1ccccc1.c1ccsc1. The van der Waals surface area contributed by atoms with Crippen molar-refractivity contribution in [3.63, 3.8) is 0 Å². The van der Waals surface area contributed by atoms with Crippen molar-refractivity contribution in [2.24, 2.45) is 0 Å². The fourth-order valence-corrected chi connectivity index (χ4v) is 1.21. The first kappa shape index (κ1) is 12.9. The summed E-state index contributed by atoms with van der Waals surface area (Å²) in [5.41, 5.74) is 1.32. The zero-order valence-electron chi connectivity index (χ0n) is 9.10. The van der Waals surface area contributed by atoms with Crippen LogP contribution < -0.4 is 0 Å². The summed E-state index contributed by atoms with van der Waals surface area (Å²) < 4.78 is 0. The van der Waals surface area contributed by atoms with Crippen LogP contribution in [-0.2, 0) is 0 Å². The standard InChI is InChI=1S/C7H8.C4H4S.C2H6/c1-7-5-3-2-4-6-7;1-2-4-5-3-1;1-2/h2-6H,1H3;1-4H;1-2H3. The molecule has 0 N–H and O–H groups in total. The van der Waals surface area contributed by atoms with Crippen molar-refractivity contribution in [1.82, 2.24) is 0 Å². The maximum Gasteiger partial charge on any atom is -0.00934 e. The van der Waals surface area contributed by atoms with E-state index in [0.717, 1.165) is 0 Å². The second-order valence-electron chi connectivity index (χ2n) is 2.45. The molecule has 2 rings (SSSR count). The Hall–Kier alpha value is -1.08. The van der Waals surface area contributed by atoms with Crippen molar-refractivity contribution in [2.45, 2.75) is 20.8 Å². The molecule has 0 aliphatic heterocycles. The Bertz CT molecular complexity index is 254. The molecule has 0 saturated heterocycles. The Balaban J connectivity index is 0.000000213. The van der Waals surface area contributed by atoms with Gasteiger partial charge in [-0.05, 0) is 17.7 Å². The highest BCUT2D eigenvalue weighted by molar-refractivity contribution is 7.07. The third-order valence-corrected chi connectivity index (χ3v) is 1.99. The molecule has 1 heterocycles. The van der Waals surface area contributed by atoms with Gasteiger partial charge in [0.05, 0.1) is 0 Å². The molecule has 0 saturated carbocycles. The van der Waals surface area contributed by atoms with Gasteiger partial charge in [0.25, 0.3) is 0 Å². The second kappa shape index (κ2) is 10.0. The summed E-state index contributed by atoms with van der Waals surface area (Å²) in [7, 11) is 0. The van der Waals surface area contributed by atoms with Gasteiger partial charge in [-0.25, -0.2) is 0 Å². The topological polar surface area (TPSA) is 0 Å². The molecule has 0 amide bonds. The summed E-state index contributed by atoms with van der Waals surface area (Å²) in [6.45, 7) is 6.08. The first-order valence-corrected chi connectivity index (χ1v) is 5.82. The summed E-state index contributed by atoms with van der Waals surface area (Å²) in [5.74, 6) is 0. The van der Waals surface area contributed by atoms with E-state index in [1.54, 1.807) is 11.3 Å². The zero-order valence-corrected chi connectivity index (χ0v) is 9.92. The van der Waals surface area contributed by atoms with Crippen molar-refractivity contribution in [1.29, 1.82) is 0 Å². The number of thiophene rings is 1. The molecule has 0 atom stereocenters. The van der Waals surface area contributed by atoms with Crippen LogP contribution in [-0.4, -0.2) is 0 Å². The fraction of sp³-hybridized carbons (Fsp3) is 0.231. The van der Waals surface area contributed by atoms with Gasteiger partial charge in [0, 0.05) is 0 Å². The van der Waals surface area contributed by atoms with E-state index in [2.05, 4.69) is 19.1 Å². The lowest BCUT2D eigenvalue weighted by Gasteiger charge is -1.82. The quantitative estimate of drug-likeness (QED) is 0.582. The summed E-state index contributed by atoms with van der Waals surface area (Å²) >= 11 is 1.71. The monoisotopic (exact) mass is 206 g/mol. The van der Waals surface area contributed by atoms with Gasteiger partial charge in [-0.1, -0.05) is 61.9 Å². The predicted molar refractivity (Wildman–Crippen MR) is 66.8 cm³/mol. The Kier molecular flexibility index (Phi) is 9.23. The normalized spacial score (nSPS) is 7.64. The van der Waals surface area contributed by atoms with Crippen LogP contribution >= 0.6 is 11.3 Å². The van der Waals surface area contributed by atoms with Gasteiger partial charge in [-0.2, -0.15) is 11.3 Å². The first-order valence-electron chi connectivity index (χ1n) is 4.88. The fourth-order valence-electron chi connectivity index (χ4n) is 0.761. The molecule has 0 spiro atoms. The van der Waals surface area contributed by atoms with E-state index in [1.807, 2.05) is 54.9 Å². The van der Waals surface area contributed by atoms with E-state index < -0.39 is 0 Å². The van der Waals surface area contributed by atoms with Crippen molar-refractivity contribution < 1.29 is 0 Å². The molecule has 0 unspecified atom stereocenters. The van der Waals surface area contributed by atoms with Gasteiger partial charge in [-0.3, -0.25) is 0 Å². The van der Waals surface area contributed by atoms with Gasteiger partial charge < -0.3 is 0 Å². The van der Waals surface area contributed by atoms with Crippen LogP contribution in [0.3, 0.4) is 0 Å². The Morgan fingerprint density at radius 3 is 1.50 bits per heavy atom. The average Bonchev–Trinajstić information content (AvgIpc) is 2.80. The lowest BCUT2D eigenvalue weighted by molar-refractivity contribution is 1.48. The molecule has 0 radical (unpaired) electrons. The Morgan fingerprint density at radius 2 is 1.29 bits per heavy atom. The lowest BCUT2D eigenvalue weighted by atomic mass is 10.2. The molecule has 1 aromatic heterocycles. The van der Waals surface area contributed by atoms with Gasteiger partial charge in [0.1, 0.15) is 0 Å². The zero-order chi connectivity index (χ0) is 10.6. The smallest absolute Gasteiger partial charge is 0.00934 e. The average molecular weight is 206 g/mol. The molecular formula is C13H18S. The van der Waals surface area contributed by atoms with Crippen LogP contribution in [0, 0.1) is 6.92 Å². The Morgan fingerprint density at radius 1 is 0.786 bits per heavy atom. The lowest BCUT2D eigenvalue weighted by Crippen LogP contribution is -1.62. The van der Waals surface area contributed by atoms with Crippen LogP contribution in [0.4, 0.5) is 0 Å². The summed E-state index contributed by atoms with van der Waals surface area (Å²) in [5, 5.41) is 4.08. The van der Waals surface area contributed by atoms with Crippen LogP contribution in [0.1, 0.15) is 19.4 Å². The molecule has 0 fully saturated rings. The molecule has 76 valence electrons. The molecule has 0 bridgehead atoms. The van der Waals surface area contributed by atoms with E-state index in [-0.39, 0.29) is 0 Å². The minimum atomic E-state index is 1.32. The highest BCUT2D eigenvalue weighted by Gasteiger charge is 1.72. The molecule has 2 aromatic rings. The van der Waals surface area contributed by atoms with Crippen molar-refractivity contribution in [2.75, 3.05) is 0 Å². The molecule has 0 aliphatic carbocycles. The van der Waals surface area contributed by atoms with Crippen molar-refractivity contribution in [3.8, 4) is 0 Å². The maximum atomic E-state index is 2.08. The van der Waals surface area contributed by atoms with Crippen LogP contribution in [0.2, 0.25) is 0 Å². The van der Waals surface area contributed by atoms with E-state index in [0.29, 0.717) is 0 Å². The third kappa shape index (κ3) is 7.56. The van der Waals surface area contributed by atoms with Gasteiger partial charge in [0.15, 0.2) is 0 Å². The summed E-state index contributed by atoms with van der Waals surface area (Å²) in [6, 6.07) is 14.3. The second-order valence-corrected chi connectivity index (χ2v) is 3.26. The molecule has 0 aliphatic rings. The highest BCUT2D eigenvalue weighted by atomic mass is 32.1. The van der Waals surface area contributed by atoms with Crippen LogP contribution in [0.5, 0.6) is 0 Å². The van der Waals surface area contributed by atoms with Crippen LogP contribution in [0.15, 0.2) is 53.2 Å². The molecule has 14 heavy (non-hydrogen) atoms. The number of rotatable bonds is 0. The number of hydrogen-bond acceptors (Lipinski definition) is 1. The van der Waals surface area contributed by atoms with Crippen LogP contribution in [0.25, 0.3) is 0 Å². The molecule has 0 nitrogen and oxygen atoms in total. The van der Waals surface area contributed by atoms with Gasteiger partial charge in [0.2, 0.25) is 0 Å². The van der Waals surface area contributed by atoms with Gasteiger partial charge >= 0.3 is 0 Å². The maximum absolute atomic E-state index is 2.08. The van der Waals surface area contributed by atoms with E-state index >= 15 is 0 Å². The van der Waals surface area contributed by atoms with Crippen molar-refractivity contribution >= 4 is 11.3 Å². The summed E-state index contributed by atoms with van der Waals surface area (Å²) in [4.78, 5) is 0. The number of benzene rings is 1. The summed E-state index contributed by atoms with van der Waals surface area (Å²) in [6.07, 6.45) is 0. The number of aryl methyl sites for hydroxylation is 1. The minimum Gasteiger partial charge on any atom is -0.152 e. The third-order valence-electron chi connectivity index (χ3n) is 1.37. The number of hydrogen-bond donors (Lipinski definition) is 0. The van der Waals surface area contributed by atoms with Crippen molar-refractivity contribution in [3.05, 3.63) is 58.8 Å². The van der Waals surface area contributed by atoms with Gasteiger partial charge in [-0.15, -0.1) is 0 Å². The molecular weight excluding hydrogens is 188 g/mol. The first-order chi connectivity index (χ1) is 6.89. The predicted octanol–water partition coefficient (Wildman–Crippen LogP) is 4.77. The largest absolute Gasteiger partial charge is 0.152 e. The van der Waals surface area contributed by atoms with E-state index in [9.17, 15) is 0 Å². The molecule has 1 aromatic carbocycles. The van der Waals surface area contributed by atoms with E-state index in [1.165, 1.54) is 5.56 Å². The molecule has 1 heteroatoms. The Labute approximate surface area is 91.2 Å².